The lowest BCUT2D eigenvalue weighted by atomic mass is 10.0. The van der Waals surface area contributed by atoms with Crippen LogP contribution in [0.25, 0.3) is 6.08 Å². The Kier molecular flexibility index (Phi) is 4.55. The number of methoxy groups -OCH3 is 1. The van der Waals surface area contributed by atoms with Crippen LogP contribution in [0.4, 0.5) is 0 Å². The van der Waals surface area contributed by atoms with Gasteiger partial charge in [-0.25, -0.2) is 0 Å². The van der Waals surface area contributed by atoms with Gasteiger partial charge in [0.2, 0.25) is 0 Å². The fraction of sp³-hybridized carbons (Fsp3) is 0.174. The Morgan fingerprint density at radius 1 is 1.07 bits per heavy atom. The molecule has 0 amide bonds. The summed E-state index contributed by atoms with van der Waals surface area (Å²) in [4.78, 5) is 13.0. The first-order chi connectivity index (χ1) is 13.2. The van der Waals surface area contributed by atoms with Crippen molar-refractivity contribution in [1.29, 1.82) is 0 Å². The highest BCUT2D eigenvalue weighted by Gasteiger charge is 2.23. The van der Waals surface area contributed by atoms with E-state index in [4.69, 9.17) is 9.47 Å². The summed E-state index contributed by atoms with van der Waals surface area (Å²) in [5.74, 6) is 1.38. The Hall–Kier alpha value is -3.27. The summed E-state index contributed by atoms with van der Waals surface area (Å²) in [7, 11) is 1.64. The molecule has 0 bridgehead atoms. The minimum Gasteiger partial charge on any atom is -0.496 e. The average molecular weight is 359 g/mol. The van der Waals surface area contributed by atoms with E-state index in [0.717, 1.165) is 22.6 Å². The van der Waals surface area contributed by atoms with Gasteiger partial charge >= 0.3 is 0 Å². The maximum absolute atomic E-state index is 13.0. The second-order valence-electron chi connectivity index (χ2n) is 6.58. The van der Waals surface area contributed by atoms with Gasteiger partial charge in [0.25, 0.3) is 5.56 Å². The molecule has 0 spiro atoms. The number of fused-ring (bicyclic) bond motifs is 1. The van der Waals surface area contributed by atoms with E-state index in [1.54, 1.807) is 11.7 Å². The monoisotopic (exact) mass is 359 g/mol. The molecule has 0 saturated heterocycles. The molecule has 1 aliphatic heterocycles. The number of hydrogen-bond donors (Lipinski definition) is 0. The molecule has 1 atom stereocenters. The molecule has 0 fully saturated rings. The number of para-hydroxylation sites is 1. The van der Waals surface area contributed by atoms with Gasteiger partial charge in [-0.15, -0.1) is 0 Å². The molecule has 4 heteroatoms. The summed E-state index contributed by atoms with van der Waals surface area (Å²) < 4.78 is 13.4. The molecule has 27 heavy (non-hydrogen) atoms. The Morgan fingerprint density at radius 3 is 2.59 bits per heavy atom. The molecule has 0 N–H and O–H groups in total. The smallest absolute Gasteiger partial charge is 0.262 e. The zero-order valence-corrected chi connectivity index (χ0v) is 15.4. The Balaban J connectivity index is 1.70. The summed E-state index contributed by atoms with van der Waals surface area (Å²) >= 11 is 0. The van der Waals surface area contributed by atoms with Gasteiger partial charge in [0.15, 0.2) is 0 Å². The zero-order valence-electron chi connectivity index (χ0n) is 15.4. The standard InChI is InChI=1S/C23H21NO3/c1-16-14-22-19(23(25)24(16)15-17-8-4-3-5-9-17)12-13-21(27-22)18-10-6-7-11-20(18)26-2/h3-14,21H,15H2,1-2H3/t21-/m1/s1. The van der Waals surface area contributed by atoms with Crippen LogP contribution in [0.5, 0.6) is 11.5 Å². The summed E-state index contributed by atoms with van der Waals surface area (Å²) in [5, 5.41) is 0. The number of aryl methyl sites for hydroxylation is 1. The number of ether oxygens (including phenoxy) is 2. The van der Waals surface area contributed by atoms with Crippen molar-refractivity contribution < 1.29 is 9.47 Å². The molecule has 2 heterocycles. The predicted molar refractivity (Wildman–Crippen MR) is 106 cm³/mol. The predicted octanol–water partition coefficient (Wildman–Crippen LogP) is 4.36. The number of pyridine rings is 1. The lowest BCUT2D eigenvalue weighted by molar-refractivity contribution is 0.244. The number of benzene rings is 2. The van der Waals surface area contributed by atoms with Crippen molar-refractivity contribution in [2.75, 3.05) is 7.11 Å². The fourth-order valence-corrected chi connectivity index (χ4v) is 3.40. The van der Waals surface area contributed by atoms with Crippen LogP contribution in [0.3, 0.4) is 0 Å². The van der Waals surface area contributed by atoms with Gasteiger partial charge in [-0.3, -0.25) is 4.79 Å². The van der Waals surface area contributed by atoms with Crippen LogP contribution in [-0.2, 0) is 6.54 Å². The molecular weight excluding hydrogens is 338 g/mol. The summed E-state index contributed by atoms with van der Waals surface area (Å²) in [6, 6.07) is 19.7. The second-order valence-corrected chi connectivity index (χ2v) is 6.58. The van der Waals surface area contributed by atoms with Crippen molar-refractivity contribution >= 4 is 6.08 Å². The lowest BCUT2D eigenvalue weighted by Gasteiger charge is -2.24. The van der Waals surface area contributed by atoms with E-state index in [0.29, 0.717) is 17.9 Å². The van der Waals surface area contributed by atoms with Crippen LogP contribution in [0.2, 0.25) is 0 Å². The average Bonchev–Trinajstić information content (AvgIpc) is 2.71. The molecule has 136 valence electrons. The minimum atomic E-state index is -0.280. The van der Waals surface area contributed by atoms with E-state index in [-0.39, 0.29) is 11.7 Å². The van der Waals surface area contributed by atoms with Crippen LogP contribution in [0.15, 0.2) is 71.5 Å². The highest BCUT2D eigenvalue weighted by atomic mass is 16.5. The number of nitrogens with zero attached hydrogens (tertiary/aromatic N) is 1. The van der Waals surface area contributed by atoms with E-state index < -0.39 is 0 Å². The van der Waals surface area contributed by atoms with Gasteiger partial charge in [0.05, 0.1) is 19.2 Å². The molecule has 2 aromatic carbocycles. The van der Waals surface area contributed by atoms with Crippen LogP contribution < -0.4 is 15.0 Å². The fourth-order valence-electron chi connectivity index (χ4n) is 3.40. The quantitative estimate of drug-likeness (QED) is 0.695. The van der Waals surface area contributed by atoms with Crippen molar-refractivity contribution in [3.05, 3.63) is 99.5 Å². The number of hydrogen-bond acceptors (Lipinski definition) is 3. The molecule has 0 radical (unpaired) electrons. The largest absolute Gasteiger partial charge is 0.496 e. The topological polar surface area (TPSA) is 40.5 Å². The van der Waals surface area contributed by atoms with Crippen LogP contribution in [0.1, 0.15) is 28.5 Å². The summed E-state index contributed by atoms with van der Waals surface area (Å²) in [5.41, 5.74) is 3.45. The van der Waals surface area contributed by atoms with Crippen LogP contribution in [-0.4, -0.2) is 11.7 Å². The summed E-state index contributed by atoms with van der Waals surface area (Å²) in [6.45, 7) is 2.48. The third-order valence-corrected chi connectivity index (χ3v) is 4.83. The maximum Gasteiger partial charge on any atom is 0.262 e. The SMILES string of the molecule is COc1ccccc1[C@H]1C=Cc2c(cc(C)n(Cc3ccccc3)c2=O)O1. The highest BCUT2D eigenvalue weighted by molar-refractivity contribution is 5.61. The van der Waals surface area contributed by atoms with Gasteiger partial charge in [0, 0.05) is 17.3 Å². The highest BCUT2D eigenvalue weighted by Crippen LogP contribution is 2.35. The first kappa shape index (κ1) is 17.2. The summed E-state index contributed by atoms with van der Waals surface area (Å²) in [6.07, 6.45) is 3.49. The normalized spacial score (nSPS) is 15.1. The molecular formula is C23H21NO3. The third kappa shape index (κ3) is 3.26. The third-order valence-electron chi connectivity index (χ3n) is 4.83. The lowest BCUT2D eigenvalue weighted by Crippen LogP contribution is -2.27. The molecule has 1 aliphatic rings. The second kappa shape index (κ2) is 7.16. The van der Waals surface area contributed by atoms with Gasteiger partial charge in [-0.05, 0) is 30.7 Å². The van der Waals surface area contributed by atoms with E-state index in [2.05, 4.69) is 0 Å². The van der Waals surface area contributed by atoms with Crippen molar-refractivity contribution in [3.63, 3.8) is 0 Å². The van der Waals surface area contributed by atoms with Gasteiger partial charge in [-0.1, -0.05) is 48.5 Å². The molecule has 0 saturated carbocycles. The van der Waals surface area contributed by atoms with Crippen molar-refractivity contribution in [3.8, 4) is 11.5 Å². The van der Waals surface area contributed by atoms with Crippen molar-refractivity contribution in [1.82, 2.24) is 4.57 Å². The van der Waals surface area contributed by atoms with Gasteiger partial charge < -0.3 is 14.0 Å². The maximum atomic E-state index is 13.0. The molecule has 4 rings (SSSR count). The Bertz CT molecular complexity index is 1050. The van der Waals surface area contributed by atoms with Crippen LogP contribution >= 0.6 is 0 Å². The zero-order chi connectivity index (χ0) is 18.8. The molecule has 4 nitrogen and oxygen atoms in total. The minimum absolute atomic E-state index is 0.0384. The molecule has 0 unspecified atom stereocenters. The van der Waals surface area contributed by atoms with E-state index in [1.165, 1.54) is 0 Å². The Labute approximate surface area is 158 Å². The molecule has 3 aromatic rings. The Morgan fingerprint density at radius 2 is 1.81 bits per heavy atom. The van der Waals surface area contributed by atoms with Crippen molar-refractivity contribution in [2.24, 2.45) is 0 Å². The number of aromatic nitrogens is 1. The number of rotatable bonds is 4. The first-order valence-corrected chi connectivity index (χ1v) is 8.93. The van der Waals surface area contributed by atoms with Gasteiger partial charge in [-0.2, -0.15) is 0 Å². The van der Waals surface area contributed by atoms with Crippen molar-refractivity contribution in [2.45, 2.75) is 19.6 Å². The molecule has 0 aliphatic carbocycles. The van der Waals surface area contributed by atoms with E-state index in [9.17, 15) is 4.79 Å². The van der Waals surface area contributed by atoms with Gasteiger partial charge in [0.1, 0.15) is 17.6 Å². The van der Waals surface area contributed by atoms with Crippen LogP contribution in [0, 0.1) is 6.92 Å². The van der Waals surface area contributed by atoms with E-state index >= 15 is 0 Å². The first-order valence-electron chi connectivity index (χ1n) is 8.93. The molecule has 1 aromatic heterocycles. The van der Waals surface area contributed by atoms with E-state index in [1.807, 2.05) is 79.7 Å².